The van der Waals surface area contributed by atoms with Gasteiger partial charge in [0.15, 0.2) is 0 Å². The van der Waals surface area contributed by atoms with Gasteiger partial charge >= 0.3 is 0 Å². The van der Waals surface area contributed by atoms with Crippen LogP contribution in [0.5, 0.6) is 0 Å². The van der Waals surface area contributed by atoms with E-state index >= 15 is 0 Å². The number of benzene rings is 3. The Morgan fingerprint density at radius 1 is 0.720 bits per heavy atom. The highest BCUT2D eigenvalue weighted by atomic mass is 127. The molecule has 3 aromatic rings. The normalized spacial score (nSPS) is 20.6. The number of halogens is 1. The predicted molar refractivity (Wildman–Crippen MR) is 108 cm³/mol. The van der Waals surface area contributed by atoms with Gasteiger partial charge in [-0.05, 0) is 50.9 Å². The number of hydrogen-bond donors (Lipinski definition) is 1. The van der Waals surface area contributed by atoms with E-state index in [0.29, 0.717) is 0 Å². The van der Waals surface area contributed by atoms with Gasteiger partial charge in [0.05, 0.1) is 0 Å². The molecule has 2 aliphatic rings. The van der Waals surface area contributed by atoms with Crippen LogP contribution in [-0.4, -0.2) is 5.91 Å². The van der Waals surface area contributed by atoms with Gasteiger partial charge in [0.2, 0.25) is 0 Å². The maximum Gasteiger partial charge on any atom is 0.252 e. The lowest BCUT2D eigenvalue weighted by Gasteiger charge is -2.28. The van der Waals surface area contributed by atoms with Crippen LogP contribution in [0, 0.1) is 0 Å². The van der Waals surface area contributed by atoms with Crippen molar-refractivity contribution in [3.05, 3.63) is 110 Å². The second-order valence-corrected chi connectivity index (χ2v) is 7.43. The van der Waals surface area contributed by atoms with Crippen molar-refractivity contribution < 1.29 is 4.79 Å². The first-order valence-corrected chi connectivity index (χ1v) is 9.29. The van der Waals surface area contributed by atoms with Gasteiger partial charge in [0.25, 0.3) is 5.91 Å². The van der Waals surface area contributed by atoms with E-state index in [0.717, 1.165) is 20.3 Å². The predicted octanol–water partition coefficient (Wildman–Crippen LogP) is 4.88. The first kappa shape index (κ1) is 14.9. The van der Waals surface area contributed by atoms with Crippen LogP contribution in [0.1, 0.15) is 32.6 Å². The summed E-state index contributed by atoms with van der Waals surface area (Å²) >= 11 is 2.42. The Morgan fingerprint density at radius 3 is 2.00 bits per heavy atom. The summed E-state index contributed by atoms with van der Waals surface area (Å²) in [6.45, 7) is 0. The number of fused-ring (bicyclic) bond motifs is 4. The summed E-state index contributed by atoms with van der Waals surface area (Å²) in [5.41, 5.74) is 5.95. The minimum absolute atomic E-state index is 0.00567. The number of rotatable bonds is 1. The zero-order valence-electron chi connectivity index (χ0n) is 13.3. The molecule has 3 aromatic carbocycles. The minimum Gasteiger partial charge on any atom is -0.334 e. The Hall–Kier alpha value is -2.40. The highest BCUT2D eigenvalue weighted by Crippen LogP contribution is 2.55. The second kappa shape index (κ2) is 5.30. The number of amides is 1. The van der Waals surface area contributed by atoms with Gasteiger partial charge in [-0.3, -0.25) is 4.79 Å². The molecule has 1 N–H and O–H groups in total. The van der Waals surface area contributed by atoms with Crippen molar-refractivity contribution in [2.45, 2.75) is 5.54 Å². The molecule has 1 spiro atoms. The molecule has 1 aliphatic heterocycles. The number of hydrogen-bond acceptors (Lipinski definition) is 1. The number of carbonyl (C=O) groups is 1. The number of nitrogens with one attached hydrogen (secondary N) is 1. The van der Waals surface area contributed by atoms with Crippen LogP contribution >= 0.6 is 22.6 Å². The summed E-state index contributed by atoms with van der Waals surface area (Å²) in [5, 5.41) is 3.30. The summed E-state index contributed by atoms with van der Waals surface area (Å²) in [6, 6.07) is 26.7. The molecule has 0 saturated heterocycles. The highest BCUT2D eigenvalue weighted by molar-refractivity contribution is 14.1. The third-order valence-corrected chi connectivity index (χ3v) is 6.44. The van der Waals surface area contributed by atoms with Crippen molar-refractivity contribution in [3.63, 3.8) is 0 Å². The Morgan fingerprint density at radius 2 is 1.28 bits per heavy atom. The van der Waals surface area contributed by atoms with Gasteiger partial charge in [0, 0.05) is 14.7 Å². The lowest BCUT2D eigenvalue weighted by atomic mass is 9.85. The van der Waals surface area contributed by atoms with Crippen molar-refractivity contribution >= 4 is 34.1 Å². The van der Waals surface area contributed by atoms with Gasteiger partial charge in [-0.2, -0.15) is 0 Å². The van der Waals surface area contributed by atoms with E-state index in [9.17, 15) is 4.79 Å². The van der Waals surface area contributed by atoms with E-state index in [4.69, 9.17) is 0 Å². The molecule has 0 saturated carbocycles. The first-order chi connectivity index (χ1) is 12.2. The Kier molecular flexibility index (Phi) is 3.16. The molecule has 0 bridgehead atoms. The minimum atomic E-state index is -0.573. The van der Waals surface area contributed by atoms with Crippen LogP contribution in [0.2, 0.25) is 0 Å². The zero-order valence-corrected chi connectivity index (χ0v) is 15.4. The van der Waals surface area contributed by atoms with Crippen molar-refractivity contribution in [2.24, 2.45) is 0 Å². The molecule has 25 heavy (non-hydrogen) atoms. The van der Waals surface area contributed by atoms with Crippen LogP contribution in [0.3, 0.4) is 0 Å². The summed E-state index contributed by atoms with van der Waals surface area (Å²) < 4.78 is 1.15. The topological polar surface area (TPSA) is 29.1 Å². The molecule has 1 unspecified atom stereocenters. The van der Waals surface area contributed by atoms with E-state index in [1.807, 2.05) is 30.3 Å². The Labute approximate surface area is 159 Å². The standard InChI is InChI=1S/C22H14INO/c23-20-19(14-8-2-1-3-9-14)15-10-4-6-12-17(15)22(20)18-13-7-5-11-16(18)21(25)24-22/h1-13H,(H,24,25). The monoisotopic (exact) mass is 435 g/mol. The van der Waals surface area contributed by atoms with E-state index in [-0.39, 0.29) is 5.91 Å². The smallest absolute Gasteiger partial charge is 0.252 e. The van der Waals surface area contributed by atoms with Gasteiger partial charge in [-0.1, -0.05) is 72.8 Å². The molecule has 0 aromatic heterocycles. The molecule has 1 atom stereocenters. The largest absolute Gasteiger partial charge is 0.334 e. The lowest BCUT2D eigenvalue weighted by Crippen LogP contribution is -2.39. The van der Waals surface area contributed by atoms with Gasteiger partial charge in [0.1, 0.15) is 5.54 Å². The fourth-order valence-corrected chi connectivity index (χ4v) is 5.36. The summed E-state index contributed by atoms with van der Waals surface area (Å²) in [5.74, 6) is -0.00567. The van der Waals surface area contributed by atoms with Crippen LogP contribution in [0.4, 0.5) is 0 Å². The van der Waals surface area contributed by atoms with Crippen LogP contribution in [0.25, 0.3) is 5.57 Å². The van der Waals surface area contributed by atoms with E-state index < -0.39 is 5.54 Å². The maximum absolute atomic E-state index is 12.7. The molecule has 0 fully saturated rings. The van der Waals surface area contributed by atoms with Crippen LogP contribution in [-0.2, 0) is 5.54 Å². The van der Waals surface area contributed by atoms with Crippen LogP contribution in [0.15, 0.2) is 82.4 Å². The van der Waals surface area contributed by atoms with Crippen molar-refractivity contribution in [3.8, 4) is 0 Å². The second-order valence-electron chi connectivity index (χ2n) is 6.35. The van der Waals surface area contributed by atoms with E-state index in [1.165, 1.54) is 16.7 Å². The zero-order chi connectivity index (χ0) is 17.0. The van der Waals surface area contributed by atoms with Gasteiger partial charge in [-0.15, -0.1) is 0 Å². The molecular weight excluding hydrogens is 421 g/mol. The summed E-state index contributed by atoms with van der Waals surface area (Å²) in [4.78, 5) is 12.7. The molecule has 5 rings (SSSR count). The highest BCUT2D eigenvalue weighted by Gasteiger charge is 2.52. The summed E-state index contributed by atoms with van der Waals surface area (Å²) in [7, 11) is 0. The Bertz CT molecular complexity index is 1050. The SMILES string of the molecule is O=C1NC2(C(I)=C(c3ccccc3)c3ccccc32)c2ccccc21. The molecule has 3 heteroatoms. The summed E-state index contributed by atoms with van der Waals surface area (Å²) in [6.07, 6.45) is 0. The first-order valence-electron chi connectivity index (χ1n) is 8.21. The van der Waals surface area contributed by atoms with Crippen molar-refractivity contribution in [1.82, 2.24) is 5.32 Å². The maximum atomic E-state index is 12.7. The van der Waals surface area contributed by atoms with Crippen molar-refractivity contribution in [1.29, 1.82) is 0 Å². The molecule has 1 amide bonds. The Balaban J connectivity index is 1.88. The fourth-order valence-electron chi connectivity index (χ4n) is 4.04. The molecular formula is C22H14INO. The third kappa shape index (κ3) is 1.87. The molecule has 2 nitrogen and oxygen atoms in total. The van der Waals surface area contributed by atoms with Crippen LogP contribution < -0.4 is 5.32 Å². The molecule has 1 heterocycles. The third-order valence-electron chi connectivity index (χ3n) is 5.09. The molecule has 0 radical (unpaired) electrons. The van der Waals surface area contributed by atoms with Gasteiger partial charge in [-0.25, -0.2) is 0 Å². The average Bonchev–Trinajstić information content (AvgIpc) is 3.10. The van der Waals surface area contributed by atoms with Gasteiger partial charge < -0.3 is 5.32 Å². The van der Waals surface area contributed by atoms with E-state index in [1.54, 1.807) is 0 Å². The van der Waals surface area contributed by atoms with E-state index in [2.05, 4.69) is 76.4 Å². The molecule has 1 aliphatic carbocycles. The lowest BCUT2D eigenvalue weighted by molar-refractivity contribution is 0.0950. The quantitative estimate of drug-likeness (QED) is 0.543. The average molecular weight is 435 g/mol. The fraction of sp³-hybridized carbons (Fsp3) is 0.0455. The number of carbonyl (C=O) groups excluding carboxylic acids is 1. The van der Waals surface area contributed by atoms with Crippen molar-refractivity contribution in [2.75, 3.05) is 0 Å². The molecule has 120 valence electrons.